The van der Waals surface area contributed by atoms with Gasteiger partial charge in [-0.25, -0.2) is 0 Å². The van der Waals surface area contributed by atoms with Crippen LogP contribution in [0.1, 0.15) is 6.42 Å². The normalized spacial score (nSPS) is 8.73. The molecule has 0 aliphatic rings. The van der Waals surface area contributed by atoms with E-state index in [0.717, 1.165) is 0 Å². The molecule has 0 spiro atoms. The average molecular weight is 201 g/mol. The van der Waals surface area contributed by atoms with Gasteiger partial charge in [-0.15, -0.1) is 0 Å². The first-order valence-electron chi connectivity index (χ1n) is 4.41. The molecule has 2 aromatic rings. The molecular weight excluding hydrogens is 190 g/mol. The quantitative estimate of drug-likeness (QED) is 0.733. The molecule has 1 aromatic heterocycles. The molecule has 0 radical (unpaired) electrons. The third-order valence-electron chi connectivity index (χ3n) is 1.72. The number of aromatic nitrogens is 1. The molecule has 0 saturated heterocycles. The second kappa shape index (κ2) is 5.45. The Labute approximate surface area is 87.3 Å². The molecule has 4 heteroatoms. The number of para-hydroxylation sites is 1. The Morgan fingerprint density at radius 2 is 2.13 bits per heavy atom. The van der Waals surface area contributed by atoms with E-state index in [1.54, 1.807) is 6.07 Å². The van der Waals surface area contributed by atoms with Crippen molar-refractivity contribution in [2.24, 2.45) is 5.73 Å². The summed E-state index contributed by atoms with van der Waals surface area (Å²) in [6.07, 6.45) is 1.77. The van der Waals surface area contributed by atoms with Crippen molar-refractivity contribution < 1.29 is 4.79 Å². The third kappa shape index (κ3) is 3.53. The van der Waals surface area contributed by atoms with Crippen molar-refractivity contribution in [1.82, 2.24) is 4.98 Å². The first-order valence-corrected chi connectivity index (χ1v) is 4.41. The van der Waals surface area contributed by atoms with Crippen molar-refractivity contribution in [3.63, 3.8) is 0 Å². The predicted molar refractivity (Wildman–Crippen MR) is 57.7 cm³/mol. The summed E-state index contributed by atoms with van der Waals surface area (Å²) in [5, 5.41) is 8.96. The van der Waals surface area contributed by atoms with Crippen molar-refractivity contribution in [2.45, 2.75) is 6.42 Å². The van der Waals surface area contributed by atoms with Crippen LogP contribution in [0, 0.1) is 11.3 Å². The molecule has 0 saturated carbocycles. The van der Waals surface area contributed by atoms with Crippen LogP contribution < -0.4 is 5.73 Å². The van der Waals surface area contributed by atoms with Gasteiger partial charge in [0.2, 0.25) is 5.91 Å². The molecule has 2 rings (SSSR count). The summed E-state index contributed by atoms with van der Waals surface area (Å²) in [5.74, 6) is -0.572. The minimum atomic E-state index is -0.572. The van der Waals surface area contributed by atoms with Gasteiger partial charge in [0.05, 0.1) is 6.07 Å². The molecule has 76 valence electrons. The number of nitrogens with zero attached hydrogens (tertiary/aromatic N) is 1. The summed E-state index contributed by atoms with van der Waals surface area (Å²) in [6.45, 7) is 0. The van der Waals surface area contributed by atoms with E-state index in [1.165, 1.54) is 10.9 Å². The fraction of sp³-hybridized carbons (Fsp3) is 0.0909. The maximum Gasteiger partial charge on any atom is 0.231 e. The molecule has 3 N–H and O–H groups in total. The lowest BCUT2D eigenvalue weighted by molar-refractivity contribution is -0.117. The second-order valence-corrected chi connectivity index (χ2v) is 2.87. The number of primary amides is 1. The molecule has 15 heavy (non-hydrogen) atoms. The summed E-state index contributed by atoms with van der Waals surface area (Å²) in [5.41, 5.74) is 5.75. The highest BCUT2D eigenvalue weighted by atomic mass is 16.1. The van der Waals surface area contributed by atoms with E-state index in [1.807, 2.05) is 18.3 Å². The number of amides is 1. The molecule has 1 aromatic carbocycles. The van der Waals surface area contributed by atoms with E-state index in [4.69, 9.17) is 5.26 Å². The zero-order valence-electron chi connectivity index (χ0n) is 8.10. The molecule has 0 bridgehead atoms. The summed E-state index contributed by atoms with van der Waals surface area (Å²) in [7, 11) is 0. The first kappa shape index (κ1) is 10.8. The lowest BCUT2D eigenvalue weighted by atomic mass is 10.3. The van der Waals surface area contributed by atoms with Gasteiger partial charge in [0.25, 0.3) is 0 Å². The number of hydrogen-bond donors (Lipinski definition) is 2. The summed E-state index contributed by atoms with van der Waals surface area (Å²) < 4.78 is 0. The Morgan fingerprint density at radius 1 is 1.40 bits per heavy atom. The minimum Gasteiger partial charge on any atom is -0.369 e. The van der Waals surface area contributed by atoms with Gasteiger partial charge < -0.3 is 10.7 Å². The number of aromatic amines is 1. The van der Waals surface area contributed by atoms with E-state index in [0.29, 0.717) is 0 Å². The molecule has 0 fully saturated rings. The van der Waals surface area contributed by atoms with Gasteiger partial charge in [0, 0.05) is 11.7 Å². The van der Waals surface area contributed by atoms with Crippen molar-refractivity contribution >= 4 is 16.8 Å². The van der Waals surface area contributed by atoms with Crippen LogP contribution in [0.2, 0.25) is 0 Å². The van der Waals surface area contributed by atoms with Crippen molar-refractivity contribution in [2.75, 3.05) is 0 Å². The van der Waals surface area contributed by atoms with Crippen LogP contribution in [0.3, 0.4) is 0 Å². The van der Waals surface area contributed by atoms with Crippen LogP contribution >= 0.6 is 0 Å². The number of carbonyl (C=O) groups is 1. The van der Waals surface area contributed by atoms with Gasteiger partial charge in [0.15, 0.2) is 0 Å². The van der Waals surface area contributed by atoms with Crippen molar-refractivity contribution in [1.29, 1.82) is 5.26 Å². The smallest absolute Gasteiger partial charge is 0.231 e. The first-order chi connectivity index (χ1) is 7.24. The highest BCUT2D eigenvalue weighted by Crippen LogP contribution is 2.09. The van der Waals surface area contributed by atoms with Gasteiger partial charge in [-0.05, 0) is 17.5 Å². The van der Waals surface area contributed by atoms with E-state index in [-0.39, 0.29) is 6.42 Å². The van der Waals surface area contributed by atoms with E-state index >= 15 is 0 Å². The van der Waals surface area contributed by atoms with Crippen LogP contribution in [0.15, 0.2) is 36.5 Å². The Kier molecular flexibility index (Phi) is 3.92. The molecule has 4 nitrogen and oxygen atoms in total. The number of nitrogens with two attached hydrogens (primary N) is 1. The van der Waals surface area contributed by atoms with Crippen LogP contribution in [-0.4, -0.2) is 10.9 Å². The standard InChI is InChI=1S/C8H7N.C3H4N2O/c1-2-4-8-7(3-1)5-6-9-8;4-2-1-3(5)6/h1-6,9H;1H2,(H2,5,6). The topological polar surface area (TPSA) is 82.7 Å². The van der Waals surface area contributed by atoms with E-state index in [9.17, 15) is 4.79 Å². The maximum absolute atomic E-state index is 9.60. The second-order valence-electron chi connectivity index (χ2n) is 2.87. The summed E-state index contributed by atoms with van der Waals surface area (Å²) >= 11 is 0. The van der Waals surface area contributed by atoms with Crippen molar-refractivity contribution in [3.05, 3.63) is 36.5 Å². The molecule has 1 heterocycles. The number of H-pyrrole nitrogens is 1. The number of fused-ring (bicyclic) bond motifs is 1. The average Bonchev–Trinajstić information content (AvgIpc) is 2.65. The van der Waals surface area contributed by atoms with Crippen LogP contribution in [0.4, 0.5) is 0 Å². The molecular formula is C11H11N3O. The number of nitriles is 1. The minimum absolute atomic E-state index is 0.181. The van der Waals surface area contributed by atoms with E-state index < -0.39 is 5.91 Å². The predicted octanol–water partition coefficient (Wildman–Crippen LogP) is 1.55. The SMILES string of the molecule is N#CCC(N)=O.c1ccc2[nH]ccc2c1. The monoisotopic (exact) mass is 201 g/mol. The summed E-state index contributed by atoms with van der Waals surface area (Å²) in [4.78, 5) is 12.7. The number of hydrogen-bond acceptors (Lipinski definition) is 2. The Morgan fingerprint density at radius 3 is 2.67 bits per heavy atom. The van der Waals surface area contributed by atoms with Crippen LogP contribution in [0.5, 0.6) is 0 Å². The Bertz CT molecular complexity index is 452. The number of benzene rings is 1. The zero-order valence-corrected chi connectivity index (χ0v) is 8.10. The maximum atomic E-state index is 9.60. The van der Waals surface area contributed by atoms with Gasteiger partial charge in [-0.2, -0.15) is 5.26 Å². The molecule has 1 amide bonds. The lowest BCUT2D eigenvalue weighted by Gasteiger charge is -1.83. The third-order valence-corrected chi connectivity index (χ3v) is 1.72. The zero-order chi connectivity index (χ0) is 11.1. The van der Waals surface area contributed by atoms with Gasteiger partial charge in [-0.3, -0.25) is 4.79 Å². The fourth-order valence-corrected chi connectivity index (χ4v) is 1.07. The molecule has 0 atom stereocenters. The van der Waals surface area contributed by atoms with Gasteiger partial charge >= 0.3 is 0 Å². The highest BCUT2D eigenvalue weighted by molar-refractivity contribution is 5.78. The lowest BCUT2D eigenvalue weighted by Crippen LogP contribution is -2.07. The Balaban J connectivity index is 0.000000167. The number of nitrogens with one attached hydrogen (secondary N) is 1. The van der Waals surface area contributed by atoms with E-state index in [2.05, 4.69) is 28.9 Å². The molecule has 0 aliphatic heterocycles. The molecule has 0 unspecified atom stereocenters. The molecule has 0 aliphatic carbocycles. The van der Waals surface area contributed by atoms with Gasteiger partial charge in [0.1, 0.15) is 6.42 Å². The Hall–Kier alpha value is -2.28. The largest absolute Gasteiger partial charge is 0.369 e. The number of rotatable bonds is 1. The fourth-order valence-electron chi connectivity index (χ4n) is 1.07. The highest BCUT2D eigenvalue weighted by Gasteiger charge is 1.86. The van der Waals surface area contributed by atoms with Crippen LogP contribution in [0.25, 0.3) is 10.9 Å². The number of carbonyl (C=O) groups excluding carboxylic acids is 1. The summed E-state index contributed by atoms with van der Waals surface area (Å²) in [6, 6.07) is 11.9. The van der Waals surface area contributed by atoms with Crippen LogP contribution in [-0.2, 0) is 4.79 Å². The van der Waals surface area contributed by atoms with Crippen molar-refractivity contribution in [3.8, 4) is 6.07 Å². The van der Waals surface area contributed by atoms with Gasteiger partial charge in [-0.1, -0.05) is 18.2 Å².